The minimum Gasteiger partial charge on any atom is -0.354 e. The van der Waals surface area contributed by atoms with Crippen LogP contribution in [0.2, 0.25) is 0 Å². The molecule has 134 valence electrons. The highest BCUT2D eigenvalue weighted by atomic mass is 32.1. The zero-order valence-electron chi connectivity index (χ0n) is 14.8. The lowest BCUT2D eigenvalue weighted by Gasteiger charge is -2.13. The van der Waals surface area contributed by atoms with E-state index in [1.54, 1.807) is 17.4 Å². The fraction of sp³-hybridized carbons (Fsp3) is 0.250. The van der Waals surface area contributed by atoms with Gasteiger partial charge in [0.25, 0.3) is 5.56 Å². The van der Waals surface area contributed by atoms with E-state index in [9.17, 15) is 9.59 Å². The Hall–Kier alpha value is -2.73. The molecule has 0 saturated carbocycles. The molecule has 0 bridgehead atoms. The maximum atomic E-state index is 12.3. The van der Waals surface area contributed by atoms with E-state index in [1.807, 2.05) is 55.6 Å². The lowest BCUT2D eigenvalue weighted by molar-refractivity contribution is -0.122. The molecule has 0 saturated heterocycles. The van der Waals surface area contributed by atoms with Gasteiger partial charge in [-0.2, -0.15) is 5.10 Å². The van der Waals surface area contributed by atoms with Crippen molar-refractivity contribution in [1.82, 2.24) is 15.1 Å². The molecule has 2 aromatic heterocycles. The summed E-state index contributed by atoms with van der Waals surface area (Å²) in [5.41, 5.74) is 2.73. The fourth-order valence-corrected chi connectivity index (χ4v) is 3.30. The van der Waals surface area contributed by atoms with Crippen molar-refractivity contribution in [3.8, 4) is 10.6 Å². The van der Waals surface area contributed by atoms with Crippen LogP contribution < -0.4 is 10.9 Å². The number of rotatable bonds is 6. The molecule has 3 rings (SSSR count). The lowest BCUT2D eigenvalue weighted by Crippen LogP contribution is -2.34. The predicted octanol–water partition coefficient (Wildman–Crippen LogP) is 3.20. The number of thiophene rings is 1. The zero-order valence-corrected chi connectivity index (χ0v) is 15.6. The molecular weight excluding hydrogens is 346 g/mol. The zero-order chi connectivity index (χ0) is 18.5. The molecule has 1 N–H and O–H groups in total. The fourth-order valence-electron chi connectivity index (χ4n) is 2.61. The number of carbonyl (C=O) groups is 1. The van der Waals surface area contributed by atoms with E-state index in [0.717, 1.165) is 21.7 Å². The molecule has 5 nitrogen and oxygen atoms in total. The first-order chi connectivity index (χ1) is 12.5. The molecule has 1 aromatic carbocycles. The number of hydrogen-bond acceptors (Lipinski definition) is 4. The summed E-state index contributed by atoms with van der Waals surface area (Å²) in [7, 11) is 0. The van der Waals surface area contributed by atoms with Crippen LogP contribution in [0.15, 0.2) is 58.7 Å². The van der Waals surface area contributed by atoms with Crippen LogP contribution in [0.25, 0.3) is 10.6 Å². The summed E-state index contributed by atoms with van der Waals surface area (Å²) in [6, 6.07) is 15.1. The van der Waals surface area contributed by atoms with Crippen molar-refractivity contribution < 1.29 is 4.79 Å². The van der Waals surface area contributed by atoms with E-state index in [1.165, 1.54) is 10.7 Å². The van der Waals surface area contributed by atoms with Gasteiger partial charge in [-0.15, -0.1) is 11.3 Å². The molecule has 0 aliphatic rings. The van der Waals surface area contributed by atoms with Crippen molar-refractivity contribution in [2.45, 2.75) is 26.3 Å². The number of hydrogen-bond donors (Lipinski definition) is 1. The largest absolute Gasteiger partial charge is 0.354 e. The Balaban J connectivity index is 1.61. The predicted molar refractivity (Wildman–Crippen MR) is 104 cm³/mol. The van der Waals surface area contributed by atoms with Crippen LogP contribution in [0.5, 0.6) is 0 Å². The first-order valence-electron chi connectivity index (χ1n) is 8.51. The summed E-state index contributed by atoms with van der Waals surface area (Å²) in [6.45, 7) is 4.59. The molecule has 0 fully saturated rings. The summed E-state index contributed by atoms with van der Waals surface area (Å²) in [6.07, 6.45) is 0. The van der Waals surface area contributed by atoms with Gasteiger partial charge in [0.05, 0.1) is 17.3 Å². The van der Waals surface area contributed by atoms with Crippen LogP contribution in [0.1, 0.15) is 24.0 Å². The van der Waals surface area contributed by atoms with Gasteiger partial charge in [-0.25, -0.2) is 4.68 Å². The Labute approximate surface area is 156 Å². The van der Waals surface area contributed by atoms with Crippen molar-refractivity contribution in [3.63, 3.8) is 0 Å². The highest BCUT2D eigenvalue weighted by Crippen LogP contribution is 2.21. The van der Waals surface area contributed by atoms with Crippen LogP contribution in [0.3, 0.4) is 0 Å². The van der Waals surface area contributed by atoms with Gasteiger partial charge in [-0.3, -0.25) is 9.59 Å². The van der Waals surface area contributed by atoms with Gasteiger partial charge < -0.3 is 5.32 Å². The standard InChI is InChI=1S/C20H21N3O2S/c1-14-5-7-16(8-6-14)15(2)20(25)21-11-12-23-19(24)10-9-17(22-23)18-4-3-13-26-18/h3-10,13,15H,11-12H2,1-2H3,(H,21,25)/t15-/m0/s1. The van der Waals surface area contributed by atoms with Crippen LogP contribution in [0, 0.1) is 6.92 Å². The molecule has 1 atom stereocenters. The Morgan fingerprint density at radius 2 is 1.96 bits per heavy atom. The lowest BCUT2D eigenvalue weighted by atomic mass is 9.99. The Bertz CT molecular complexity index is 930. The molecule has 1 amide bonds. The number of carbonyl (C=O) groups excluding carboxylic acids is 1. The van der Waals surface area contributed by atoms with Crippen LogP contribution in [0.4, 0.5) is 0 Å². The third kappa shape index (κ3) is 4.26. The second kappa shape index (κ2) is 8.10. The number of nitrogens with one attached hydrogen (secondary N) is 1. The highest BCUT2D eigenvalue weighted by molar-refractivity contribution is 7.13. The number of nitrogens with zero attached hydrogens (tertiary/aromatic N) is 2. The van der Waals surface area contributed by atoms with Gasteiger partial charge in [0, 0.05) is 12.6 Å². The minimum atomic E-state index is -0.238. The summed E-state index contributed by atoms with van der Waals surface area (Å²) >= 11 is 1.57. The van der Waals surface area contributed by atoms with E-state index in [-0.39, 0.29) is 17.4 Å². The third-order valence-corrected chi connectivity index (χ3v) is 5.13. The van der Waals surface area contributed by atoms with Crippen LogP contribution in [-0.2, 0) is 11.3 Å². The molecule has 0 unspecified atom stereocenters. The van der Waals surface area contributed by atoms with E-state index in [2.05, 4.69) is 10.4 Å². The van der Waals surface area contributed by atoms with Crippen LogP contribution >= 0.6 is 11.3 Å². The summed E-state index contributed by atoms with van der Waals surface area (Å²) in [5.74, 6) is -0.297. The van der Waals surface area contributed by atoms with Crippen molar-refractivity contribution in [2.75, 3.05) is 6.54 Å². The normalized spacial score (nSPS) is 11.9. The van der Waals surface area contributed by atoms with Crippen LogP contribution in [-0.4, -0.2) is 22.2 Å². The molecule has 0 aliphatic carbocycles. The quantitative estimate of drug-likeness (QED) is 0.728. The van der Waals surface area contributed by atoms with E-state index >= 15 is 0 Å². The minimum absolute atomic E-state index is 0.0590. The molecular formula is C20H21N3O2S. The topological polar surface area (TPSA) is 64.0 Å². The van der Waals surface area contributed by atoms with Crippen molar-refractivity contribution >= 4 is 17.2 Å². The molecule has 0 spiro atoms. The van der Waals surface area contributed by atoms with E-state index in [0.29, 0.717) is 13.1 Å². The number of benzene rings is 1. The second-order valence-electron chi connectivity index (χ2n) is 6.18. The Kier molecular flexibility index (Phi) is 5.63. The SMILES string of the molecule is Cc1ccc([C@H](C)C(=O)NCCn2nc(-c3cccs3)ccc2=O)cc1. The van der Waals surface area contributed by atoms with Crippen molar-refractivity contribution in [1.29, 1.82) is 0 Å². The maximum Gasteiger partial charge on any atom is 0.266 e. The van der Waals surface area contributed by atoms with Crippen molar-refractivity contribution in [2.24, 2.45) is 0 Å². The molecule has 6 heteroatoms. The molecule has 0 aliphatic heterocycles. The van der Waals surface area contributed by atoms with Gasteiger partial charge in [0.2, 0.25) is 5.91 Å². The second-order valence-corrected chi connectivity index (χ2v) is 7.13. The summed E-state index contributed by atoms with van der Waals surface area (Å²) < 4.78 is 1.39. The average molecular weight is 367 g/mol. The Morgan fingerprint density at radius 1 is 1.19 bits per heavy atom. The molecule has 3 aromatic rings. The summed E-state index contributed by atoms with van der Waals surface area (Å²) in [5, 5.41) is 9.25. The Morgan fingerprint density at radius 3 is 2.65 bits per heavy atom. The molecule has 2 heterocycles. The van der Waals surface area contributed by atoms with Gasteiger partial charge in [0.1, 0.15) is 5.69 Å². The third-order valence-electron chi connectivity index (χ3n) is 4.23. The smallest absolute Gasteiger partial charge is 0.266 e. The maximum absolute atomic E-state index is 12.3. The monoisotopic (exact) mass is 367 g/mol. The van der Waals surface area contributed by atoms with Gasteiger partial charge in [-0.05, 0) is 36.9 Å². The van der Waals surface area contributed by atoms with Gasteiger partial charge in [-0.1, -0.05) is 35.9 Å². The number of aromatic nitrogens is 2. The van der Waals surface area contributed by atoms with Gasteiger partial charge >= 0.3 is 0 Å². The van der Waals surface area contributed by atoms with E-state index in [4.69, 9.17) is 0 Å². The molecule has 0 radical (unpaired) electrons. The molecule has 26 heavy (non-hydrogen) atoms. The highest BCUT2D eigenvalue weighted by Gasteiger charge is 2.14. The van der Waals surface area contributed by atoms with Gasteiger partial charge in [0.15, 0.2) is 0 Å². The van der Waals surface area contributed by atoms with E-state index < -0.39 is 0 Å². The first-order valence-corrected chi connectivity index (χ1v) is 9.39. The average Bonchev–Trinajstić information content (AvgIpc) is 3.18. The number of aryl methyl sites for hydroxylation is 1. The first kappa shape index (κ1) is 18.1. The number of amides is 1. The summed E-state index contributed by atoms with van der Waals surface area (Å²) in [4.78, 5) is 25.3. The van der Waals surface area contributed by atoms with Crippen molar-refractivity contribution in [3.05, 3.63) is 75.4 Å².